The fourth-order valence-electron chi connectivity index (χ4n) is 4.39. The Bertz CT molecular complexity index is 660. The molecule has 32 heavy (non-hydrogen) atoms. The lowest BCUT2D eigenvalue weighted by Crippen LogP contribution is -2.44. The van der Waals surface area contributed by atoms with Gasteiger partial charge in [0.05, 0.1) is 0 Å². The second kappa shape index (κ2) is 11.4. The molecule has 8 nitrogen and oxygen atoms in total. The van der Waals surface area contributed by atoms with Crippen LogP contribution in [0.25, 0.3) is 0 Å². The van der Waals surface area contributed by atoms with Crippen molar-refractivity contribution in [2.45, 2.75) is 63.5 Å². The first-order valence-electron chi connectivity index (χ1n) is 10.8. The molecule has 4 N–H and O–H groups in total. The normalized spacial score (nSPS) is 13.6. The van der Waals surface area contributed by atoms with E-state index in [2.05, 4.69) is 27.7 Å². The quantitative estimate of drug-likeness (QED) is 0.299. The van der Waals surface area contributed by atoms with Gasteiger partial charge in [0.1, 0.15) is 0 Å². The van der Waals surface area contributed by atoms with Crippen molar-refractivity contribution < 1.29 is 26.6 Å². The van der Waals surface area contributed by atoms with Crippen molar-refractivity contribution in [3.63, 3.8) is 0 Å². The molecule has 0 atom stereocenters. The van der Waals surface area contributed by atoms with Crippen LogP contribution in [0, 0.1) is 0 Å². The van der Waals surface area contributed by atoms with Crippen LogP contribution in [0.3, 0.4) is 0 Å². The van der Waals surface area contributed by atoms with E-state index in [1.807, 2.05) is 12.1 Å². The van der Waals surface area contributed by atoms with E-state index in [0.717, 1.165) is 35.3 Å². The first-order valence-corrected chi connectivity index (χ1v) is 14.7. The number of nitrogen functional groups attached to an aromatic ring is 2. The summed E-state index contributed by atoms with van der Waals surface area (Å²) in [5, 5.41) is 0. The Morgan fingerprint density at radius 1 is 0.594 bits per heavy atom. The highest BCUT2D eigenvalue weighted by molar-refractivity contribution is 6.60. The van der Waals surface area contributed by atoms with Gasteiger partial charge in [-0.1, -0.05) is 27.7 Å². The molecule has 0 aliphatic rings. The Morgan fingerprint density at radius 2 is 0.844 bits per heavy atom. The van der Waals surface area contributed by atoms with Crippen LogP contribution >= 0.6 is 0 Å². The maximum absolute atomic E-state index is 6.57. The van der Waals surface area contributed by atoms with Gasteiger partial charge in [-0.25, -0.2) is 0 Å². The summed E-state index contributed by atoms with van der Waals surface area (Å²) in [6.07, 6.45) is 1.52. The van der Waals surface area contributed by atoms with Gasteiger partial charge in [-0.2, -0.15) is 0 Å². The van der Waals surface area contributed by atoms with Gasteiger partial charge >= 0.3 is 17.6 Å². The highest BCUT2D eigenvalue weighted by Crippen LogP contribution is 2.46. The Labute approximate surface area is 196 Å². The summed E-state index contributed by atoms with van der Waals surface area (Å²) in [4.78, 5) is 0. The second-order valence-corrected chi connectivity index (χ2v) is 15.5. The number of benzene rings is 1. The average molecular weight is 489 g/mol. The zero-order chi connectivity index (χ0) is 24.8. The molecule has 1 aromatic carbocycles. The van der Waals surface area contributed by atoms with Crippen molar-refractivity contribution in [1.29, 1.82) is 0 Å². The molecule has 0 spiro atoms. The van der Waals surface area contributed by atoms with Crippen molar-refractivity contribution in [1.82, 2.24) is 0 Å². The molecule has 0 aliphatic heterocycles. The number of anilines is 2. The standard InChI is InChI=1S/C22H44N2O6Si2/c1-21(2,13-15-31(25-5,26-6)27-7)19-17(23)11-12-18(24)20(19)22(3,4)14-16-32(28-8,29-9)30-10/h11-12H,13-16,23-24H2,1-10H3. The van der Waals surface area contributed by atoms with Crippen LogP contribution in [-0.2, 0) is 37.4 Å². The maximum Gasteiger partial charge on any atom is 0.500 e. The van der Waals surface area contributed by atoms with E-state index in [1.54, 1.807) is 42.7 Å². The molecule has 0 fully saturated rings. The largest absolute Gasteiger partial charge is 0.500 e. The van der Waals surface area contributed by atoms with Gasteiger partial charge in [-0.05, 0) is 46.9 Å². The Kier molecular flexibility index (Phi) is 10.4. The SMILES string of the molecule is CO[Si](CCC(C)(C)c1c(N)ccc(N)c1C(C)(C)CC[Si](OC)(OC)OC)(OC)OC. The molecular weight excluding hydrogens is 444 g/mol. The monoisotopic (exact) mass is 488 g/mol. The van der Waals surface area contributed by atoms with E-state index in [9.17, 15) is 0 Å². The van der Waals surface area contributed by atoms with E-state index in [1.165, 1.54) is 0 Å². The summed E-state index contributed by atoms with van der Waals surface area (Å²) in [7, 11) is 4.34. The fourth-order valence-corrected chi connectivity index (χ4v) is 8.47. The molecule has 1 aromatic rings. The highest BCUT2D eigenvalue weighted by atomic mass is 28.4. The molecule has 0 radical (unpaired) electrons. The molecule has 0 unspecified atom stereocenters. The number of rotatable bonds is 14. The van der Waals surface area contributed by atoms with Gasteiger partial charge in [0.25, 0.3) is 0 Å². The van der Waals surface area contributed by atoms with Crippen LogP contribution < -0.4 is 11.5 Å². The predicted octanol–water partition coefficient (Wildman–Crippen LogP) is 3.94. The van der Waals surface area contributed by atoms with Gasteiger partial charge in [-0.15, -0.1) is 0 Å². The first-order chi connectivity index (χ1) is 14.8. The van der Waals surface area contributed by atoms with Crippen LogP contribution in [0.4, 0.5) is 11.4 Å². The Hall–Kier alpha value is -0.986. The molecule has 0 saturated carbocycles. The summed E-state index contributed by atoms with van der Waals surface area (Å²) in [6.45, 7) is 8.71. The van der Waals surface area contributed by atoms with E-state index in [4.69, 9.17) is 38.0 Å². The molecule has 1 rings (SSSR count). The zero-order valence-corrected chi connectivity index (χ0v) is 23.6. The van der Waals surface area contributed by atoms with Crippen molar-refractivity contribution in [3.05, 3.63) is 23.3 Å². The van der Waals surface area contributed by atoms with Crippen molar-refractivity contribution >= 4 is 29.0 Å². The number of hydrogen-bond donors (Lipinski definition) is 2. The fraction of sp³-hybridized carbons (Fsp3) is 0.727. The van der Waals surface area contributed by atoms with Crippen LogP contribution in [0.15, 0.2) is 12.1 Å². The molecule has 0 heterocycles. The first kappa shape index (κ1) is 29.0. The predicted molar refractivity (Wildman–Crippen MR) is 134 cm³/mol. The van der Waals surface area contributed by atoms with E-state index in [0.29, 0.717) is 12.1 Å². The molecule has 0 aliphatic carbocycles. The lowest BCUT2D eigenvalue weighted by molar-refractivity contribution is 0.120. The van der Waals surface area contributed by atoms with Crippen molar-refractivity contribution in [2.75, 3.05) is 54.1 Å². The van der Waals surface area contributed by atoms with E-state index >= 15 is 0 Å². The third-order valence-electron chi connectivity index (χ3n) is 6.60. The van der Waals surface area contributed by atoms with Crippen LogP contribution in [0.2, 0.25) is 12.1 Å². The maximum atomic E-state index is 6.57. The summed E-state index contributed by atoms with van der Waals surface area (Å²) in [5.74, 6) is 0. The molecular formula is C22H44N2O6Si2. The molecule has 0 bridgehead atoms. The van der Waals surface area contributed by atoms with Gasteiger partial charge in [0.2, 0.25) is 0 Å². The molecule has 0 amide bonds. The summed E-state index contributed by atoms with van der Waals surface area (Å²) in [6, 6.07) is 5.09. The minimum Gasteiger partial charge on any atom is -0.398 e. The lowest BCUT2D eigenvalue weighted by Gasteiger charge is -2.38. The van der Waals surface area contributed by atoms with Gasteiger partial charge in [0.15, 0.2) is 0 Å². The molecule has 186 valence electrons. The van der Waals surface area contributed by atoms with Crippen LogP contribution in [0.5, 0.6) is 0 Å². The summed E-state index contributed by atoms with van der Waals surface area (Å²) < 4.78 is 33.8. The van der Waals surface area contributed by atoms with Gasteiger partial charge < -0.3 is 38.0 Å². The van der Waals surface area contributed by atoms with E-state index < -0.39 is 17.6 Å². The highest BCUT2D eigenvalue weighted by Gasteiger charge is 2.43. The summed E-state index contributed by atoms with van der Waals surface area (Å²) >= 11 is 0. The third-order valence-corrected chi connectivity index (χ3v) is 12.1. The third kappa shape index (κ3) is 6.32. The van der Waals surface area contributed by atoms with Gasteiger partial charge in [0, 0.05) is 66.1 Å². The second-order valence-electron chi connectivity index (χ2n) is 9.35. The van der Waals surface area contributed by atoms with Crippen LogP contribution in [0.1, 0.15) is 51.7 Å². The molecule has 0 saturated heterocycles. The topological polar surface area (TPSA) is 107 Å². The Morgan fingerprint density at radius 3 is 1.06 bits per heavy atom. The number of nitrogens with two attached hydrogens (primary N) is 2. The Balaban J connectivity index is 3.40. The number of hydrogen-bond acceptors (Lipinski definition) is 8. The minimum atomic E-state index is -2.73. The zero-order valence-electron chi connectivity index (χ0n) is 21.6. The van der Waals surface area contributed by atoms with Gasteiger partial charge in [-0.3, -0.25) is 0 Å². The molecule has 0 aromatic heterocycles. The minimum absolute atomic E-state index is 0.293. The summed E-state index contributed by atoms with van der Waals surface area (Å²) in [5.41, 5.74) is 16.1. The van der Waals surface area contributed by atoms with Crippen LogP contribution in [-0.4, -0.2) is 60.3 Å². The van der Waals surface area contributed by atoms with E-state index in [-0.39, 0.29) is 10.8 Å². The lowest BCUT2D eigenvalue weighted by atomic mass is 9.70. The smallest absolute Gasteiger partial charge is 0.398 e. The molecule has 10 heteroatoms. The average Bonchev–Trinajstić information content (AvgIpc) is 2.77. The van der Waals surface area contributed by atoms with Crippen molar-refractivity contribution in [3.8, 4) is 0 Å². The van der Waals surface area contributed by atoms with Crippen molar-refractivity contribution in [2.24, 2.45) is 0 Å².